The Hall–Kier alpha value is -0.790. The number of fused-ring (bicyclic) bond motifs is 1. The molecule has 2 nitrogen and oxygen atoms in total. The molecule has 14 heavy (non-hydrogen) atoms. The van der Waals surface area contributed by atoms with Gasteiger partial charge in [-0.3, -0.25) is 4.68 Å². The standard InChI is InChI=1S/C12H20N2/c1-2-3-6-9-14-10-11-7-4-5-8-12(11)13-14/h10H,2-9H2,1H3. The summed E-state index contributed by atoms with van der Waals surface area (Å²) >= 11 is 0. The van der Waals surface area contributed by atoms with E-state index in [1.165, 1.54) is 56.2 Å². The van der Waals surface area contributed by atoms with Crippen LogP contribution in [0.2, 0.25) is 0 Å². The van der Waals surface area contributed by atoms with Crippen LogP contribution in [0.1, 0.15) is 50.3 Å². The van der Waals surface area contributed by atoms with Gasteiger partial charge in [-0.25, -0.2) is 0 Å². The van der Waals surface area contributed by atoms with Crippen molar-refractivity contribution in [1.29, 1.82) is 0 Å². The van der Waals surface area contributed by atoms with Crippen LogP contribution in [-0.4, -0.2) is 9.78 Å². The van der Waals surface area contributed by atoms with Crippen molar-refractivity contribution in [2.24, 2.45) is 0 Å². The summed E-state index contributed by atoms with van der Waals surface area (Å²) < 4.78 is 2.16. The van der Waals surface area contributed by atoms with E-state index in [-0.39, 0.29) is 0 Å². The molecule has 1 heterocycles. The van der Waals surface area contributed by atoms with Crippen LogP contribution in [-0.2, 0) is 19.4 Å². The fourth-order valence-electron chi connectivity index (χ4n) is 2.17. The molecule has 2 heteroatoms. The summed E-state index contributed by atoms with van der Waals surface area (Å²) in [6, 6.07) is 0. The van der Waals surface area contributed by atoms with Crippen molar-refractivity contribution in [3.63, 3.8) is 0 Å². The van der Waals surface area contributed by atoms with Gasteiger partial charge in [0.1, 0.15) is 0 Å². The second kappa shape index (κ2) is 4.63. The molecule has 0 aliphatic heterocycles. The number of rotatable bonds is 4. The van der Waals surface area contributed by atoms with E-state index in [2.05, 4.69) is 22.9 Å². The summed E-state index contributed by atoms with van der Waals surface area (Å²) in [7, 11) is 0. The minimum Gasteiger partial charge on any atom is -0.272 e. The molecule has 2 rings (SSSR count). The van der Waals surface area contributed by atoms with Crippen LogP contribution in [0.3, 0.4) is 0 Å². The molecule has 78 valence electrons. The minimum absolute atomic E-state index is 1.11. The number of aryl methyl sites for hydroxylation is 3. The fourth-order valence-corrected chi connectivity index (χ4v) is 2.17. The van der Waals surface area contributed by atoms with Crippen LogP contribution >= 0.6 is 0 Å². The maximum atomic E-state index is 4.64. The predicted molar refractivity (Wildman–Crippen MR) is 58.4 cm³/mol. The van der Waals surface area contributed by atoms with Crippen molar-refractivity contribution in [3.8, 4) is 0 Å². The van der Waals surface area contributed by atoms with Crippen LogP contribution < -0.4 is 0 Å². The Morgan fingerprint density at radius 1 is 1.29 bits per heavy atom. The maximum absolute atomic E-state index is 4.64. The first-order valence-electron chi connectivity index (χ1n) is 5.95. The maximum Gasteiger partial charge on any atom is 0.0656 e. The van der Waals surface area contributed by atoms with Crippen molar-refractivity contribution < 1.29 is 0 Å². The lowest BCUT2D eigenvalue weighted by Crippen LogP contribution is -2.01. The summed E-state index contributed by atoms with van der Waals surface area (Å²) in [5.74, 6) is 0. The van der Waals surface area contributed by atoms with E-state index >= 15 is 0 Å². The molecular weight excluding hydrogens is 172 g/mol. The molecule has 1 aliphatic carbocycles. The van der Waals surface area contributed by atoms with E-state index in [0.717, 1.165) is 6.54 Å². The van der Waals surface area contributed by atoms with Crippen LogP contribution in [0, 0.1) is 0 Å². The van der Waals surface area contributed by atoms with Gasteiger partial charge < -0.3 is 0 Å². The van der Waals surface area contributed by atoms with Gasteiger partial charge in [-0.05, 0) is 37.7 Å². The lowest BCUT2D eigenvalue weighted by molar-refractivity contribution is 0.546. The SMILES string of the molecule is CCCCCn1cc2c(n1)CCCC2. The lowest BCUT2D eigenvalue weighted by Gasteiger charge is -2.06. The van der Waals surface area contributed by atoms with Gasteiger partial charge in [-0.2, -0.15) is 5.10 Å². The molecule has 0 atom stereocenters. The number of hydrogen-bond acceptors (Lipinski definition) is 1. The number of unbranched alkanes of at least 4 members (excludes halogenated alkanes) is 2. The predicted octanol–water partition coefficient (Wildman–Crippen LogP) is 2.95. The van der Waals surface area contributed by atoms with Gasteiger partial charge in [0.25, 0.3) is 0 Å². The first kappa shape index (κ1) is 9.75. The second-order valence-corrected chi connectivity index (χ2v) is 4.28. The third-order valence-corrected chi connectivity index (χ3v) is 3.03. The Morgan fingerprint density at radius 2 is 2.14 bits per heavy atom. The van der Waals surface area contributed by atoms with Crippen LogP contribution in [0.25, 0.3) is 0 Å². The van der Waals surface area contributed by atoms with Gasteiger partial charge in [0, 0.05) is 12.7 Å². The topological polar surface area (TPSA) is 17.8 Å². The molecule has 0 unspecified atom stereocenters. The van der Waals surface area contributed by atoms with E-state index in [0.29, 0.717) is 0 Å². The van der Waals surface area contributed by atoms with Crippen molar-refractivity contribution in [2.75, 3.05) is 0 Å². The van der Waals surface area contributed by atoms with E-state index in [4.69, 9.17) is 0 Å². The van der Waals surface area contributed by atoms with Crippen LogP contribution in [0.4, 0.5) is 0 Å². The number of nitrogens with zero attached hydrogens (tertiary/aromatic N) is 2. The van der Waals surface area contributed by atoms with Gasteiger partial charge in [0.05, 0.1) is 5.69 Å². The highest BCUT2D eigenvalue weighted by molar-refractivity contribution is 5.19. The molecule has 0 saturated carbocycles. The van der Waals surface area contributed by atoms with Crippen molar-refractivity contribution >= 4 is 0 Å². The van der Waals surface area contributed by atoms with Crippen molar-refractivity contribution in [3.05, 3.63) is 17.5 Å². The summed E-state index contributed by atoms with van der Waals surface area (Å²) in [6.07, 6.45) is 11.3. The van der Waals surface area contributed by atoms with Gasteiger partial charge in [0.15, 0.2) is 0 Å². The van der Waals surface area contributed by atoms with Gasteiger partial charge in [0.2, 0.25) is 0 Å². The Labute approximate surface area is 86.3 Å². The van der Waals surface area contributed by atoms with Crippen molar-refractivity contribution in [1.82, 2.24) is 9.78 Å². The molecule has 0 fully saturated rings. The molecule has 1 aromatic heterocycles. The highest BCUT2D eigenvalue weighted by Crippen LogP contribution is 2.19. The zero-order chi connectivity index (χ0) is 9.80. The molecule has 0 radical (unpaired) electrons. The summed E-state index contributed by atoms with van der Waals surface area (Å²) in [4.78, 5) is 0. The summed E-state index contributed by atoms with van der Waals surface area (Å²) in [5, 5.41) is 4.64. The first-order chi connectivity index (χ1) is 6.90. The van der Waals surface area contributed by atoms with Crippen LogP contribution in [0.15, 0.2) is 6.20 Å². The Kier molecular flexibility index (Phi) is 3.22. The van der Waals surface area contributed by atoms with Crippen molar-refractivity contribution in [2.45, 2.75) is 58.4 Å². The molecule has 0 amide bonds. The smallest absolute Gasteiger partial charge is 0.0656 e. The van der Waals surface area contributed by atoms with Gasteiger partial charge in [-0.15, -0.1) is 0 Å². The minimum atomic E-state index is 1.11. The van der Waals surface area contributed by atoms with E-state index in [1.54, 1.807) is 0 Å². The third kappa shape index (κ3) is 2.17. The van der Waals surface area contributed by atoms with E-state index in [1.807, 2.05) is 0 Å². The number of aromatic nitrogens is 2. The highest BCUT2D eigenvalue weighted by Gasteiger charge is 2.12. The lowest BCUT2D eigenvalue weighted by atomic mass is 9.99. The molecule has 0 bridgehead atoms. The second-order valence-electron chi connectivity index (χ2n) is 4.28. The molecule has 1 aromatic rings. The molecule has 0 spiro atoms. The van der Waals surface area contributed by atoms with E-state index in [9.17, 15) is 0 Å². The average Bonchev–Trinajstić information content (AvgIpc) is 2.60. The third-order valence-electron chi connectivity index (χ3n) is 3.03. The summed E-state index contributed by atoms with van der Waals surface area (Å²) in [6.45, 7) is 3.36. The van der Waals surface area contributed by atoms with Gasteiger partial charge in [-0.1, -0.05) is 19.8 Å². The fraction of sp³-hybridized carbons (Fsp3) is 0.750. The molecular formula is C12H20N2. The van der Waals surface area contributed by atoms with Gasteiger partial charge >= 0.3 is 0 Å². The average molecular weight is 192 g/mol. The Morgan fingerprint density at radius 3 is 2.93 bits per heavy atom. The molecule has 1 aliphatic rings. The Balaban J connectivity index is 1.94. The zero-order valence-corrected chi connectivity index (χ0v) is 9.13. The molecule has 0 N–H and O–H groups in total. The number of hydrogen-bond donors (Lipinski definition) is 0. The quantitative estimate of drug-likeness (QED) is 0.671. The normalized spacial score (nSPS) is 15.5. The highest BCUT2D eigenvalue weighted by atomic mass is 15.3. The molecule has 0 saturated heterocycles. The summed E-state index contributed by atoms with van der Waals surface area (Å²) in [5.41, 5.74) is 2.88. The monoisotopic (exact) mass is 192 g/mol. The first-order valence-corrected chi connectivity index (χ1v) is 5.95. The van der Waals surface area contributed by atoms with E-state index < -0.39 is 0 Å². The van der Waals surface area contributed by atoms with Crippen LogP contribution in [0.5, 0.6) is 0 Å². The molecule has 0 aromatic carbocycles. The largest absolute Gasteiger partial charge is 0.272 e. The Bertz CT molecular complexity index is 265. The zero-order valence-electron chi connectivity index (χ0n) is 9.13.